The molecule has 0 amide bonds. The van der Waals surface area contributed by atoms with Crippen LogP contribution in [-0.2, 0) is 30.4 Å². The first-order valence-electron chi connectivity index (χ1n) is 9.56. The summed E-state index contributed by atoms with van der Waals surface area (Å²) in [6.45, 7) is 1.15. The SMILES string of the molecule is COC(=O)[C@H]1C[C@H]([C@H]2COC3(CCCCC3)O2)N(Cc2ccccc2)O1. The zero-order valence-corrected chi connectivity index (χ0v) is 15.3. The fraction of sp³-hybridized carbons (Fsp3) is 0.650. The molecule has 1 spiro atoms. The maximum atomic E-state index is 12.0. The first-order chi connectivity index (χ1) is 12.7. The fourth-order valence-corrected chi connectivity index (χ4v) is 4.27. The zero-order chi connectivity index (χ0) is 18.0. The Morgan fingerprint density at radius 3 is 2.73 bits per heavy atom. The minimum absolute atomic E-state index is 0.0272. The van der Waals surface area contributed by atoms with Crippen LogP contribution in [0.1, 0.15) is 44.1 Å². The monoisotopic (exact) mass is 361 g/mol. The maximum Gasteiger partial charge on any atom is 0.337 e. The number of ether oxygens (including phenoxy) is 3. The van der Waals surface area contributed by atoms with Crippen LogP contribution in [0.25, 0.3) is 0 Å². The number of hydroxylamine groups is 2. The first kappa shape index (κ1) is 17.9. The van der Waals surface area contributed by atoms with Crippen LogP contribution in [0.4, 0.5) is 0 Å². The van der Waals surface area contributed by atoms with Crippen molar-refractivity contribution < 1.29 is 23.8 Å². The van der Waals surface area contributed by atoms with Gasteiger partial charge in [0.15, 0.2) is 11.9 Å². The van der Waals surface area contributed by atoms with Gasteiger partial charge in [-0.1, -0.05) is 36.8 Å². The molecule has 2 aliphatic heterocycles. The van der Waals surface area contributed by atoms with Crippen molar-refractivity contribution >= 4 is 5.97 Å². The third-order valence-corrected chi connectivity index (χ3v) is 5.65. The van der Waals surface area contributed by atoms with Gasteiger partial charge < -0.3 is 14.2 Å². The minimum Gasteiger partial charge on any atom is -0.467 e. The highest BCUT2D eigenvalue weighted by Crippen LogP contribution is 2.41. The second kappa shape index (κ2) is 7.64. The van der Waals surface area contributed by atoms with Crippen molar-refractivity contribution in [1.82, 2.24) is 5.06 Å². The van der Waals surface area contributed by atoms with Gasteiger partial charge in [0.2, 0.25) is 0 Å². The predicted molar refractivity (Wildman–Crippen MR) is 93.9 cm³/mol. The number of carbonyl (C=O) groups is 1. The first-order valence-corrected chi connectivity index (χ1v) is 9.56. The highest BCUT2D eigenvalue weighted by molar-refractivity contribution is 5.74. The summed E-state index contributed by atoms with van der Waals surface area (Å²) >= 11 is 0. The van der Waals surface area contributed by atoms with Gasteiger partial charge in [0.25, 0.3) is 0 Å². The lowest BCUT2D eigenvalue weighted by Gasteiger charge is -2.33. The van der Waals surface area contributed by atoms with Gasteiger partial charge in [-0.2, -0.15) is 5.06 Å². The predicted octanol–water partition coefficient (Wildman–Crippen LogP) is 2.81. The number of benzene rings is 1. The molecule has 1 saturated carbocycles. The van der Waals surface area contributed by atoms with Crippen LogP contribution in [-0.4, -0.2) is 48.8 Å². The Hall–Kier alpha value is -1.47. The molecule has 3 aliphatic rings. The molecule has 4 rings (SSSR count). The van der Waals surface area contributed by atoms with Crippen LogP contribution >= 0.6 is 0 Å². The van der Waals surface area contributed by atoms with Gasteiger partial charge in [0, 0.05) is 25.8 Å². The van der Waals surface area contributed by atoms with E-state index in [9.17, 15) is 4.79 Å². The van der Waals surface area contributed by atoms with Crippen LogP contribution in [0.2, 0.25) is 0 Å². The highest BCUT2D eigenvalue weighted by atomic mass is 16.8. The molecule has 1 aromatic carbocycles. The lowest BCUT2D eigenvalue weighted by atomic mass is 9.94. The molecule has 0 bridgehead atoms. The van der Waals surface area contributed by atoms with Gasteiger partial charge in [-0.25, -0.2) is 4.79 Å². The quantitative estimate of drug-likeness (QED) is 0.769. The maximum absolute atomic E-state index is 12.0. The second-order valence-electron chi connectivity index (χ2n) is 7.42. The lowest BCUT2D eigenvalue weighted by molar-refractivity contribution is -0.216. The second-order valence-corrected chi connectivity index (χ2v) is 7.42. The number of esters is 1. The Morgan fingerprint density at radius 1 is 1.23 bits per heavy atom. The van der Waals surface area contributed by atoms with E-state index in [4.69, 9.17) is 19.0 Å². The fourth-order valence-electron chi connectivity index (χ4n) is 4.27. The minimum atomic E-state index is -0.583. The molecule has 0 N–H and O–H groups in total. The van der Waals surface area contributed by atoms with Crippen molar-refractivity contribution in [2.24, 2.45) is 0 Å². The normalized spacial score (nSPS) is 31.3. The summed E-state index contributed by atoms with van der Waals surface area (Å²) in [6.07, 6.45) is 5.33. The molecular weight excluding hydrogens is 334 g/mol. The van der Waals surface area contributed by atoms with E-state index in [-0.39, 0.29) is 18.1 Å². The topological polar surface area (TPSA) is 57.2 Å². The Kier molecular flexibility index (Phi) is 5.27. The van der Waals surface area contributed by atoms with Crippen LogP contribution < -0.4 is 0 Å². The van der Waals surface area contributed by atoms with Crippen molar-refractivity contribution in [2.75, 3.05) is 13.7 Å². The van der Waals surface area contributed by atoms with E-state index in [1.54, 1.807) is 0 Å². The average Bonchev–Trinajstić information content (AvgIpc) is 3.27. The van der Waals surface area contributed by atoms with E-state index >= 15 is 0 Å². The molecule has 26 heavy (non-hydrogen) atoms. The summed E-state index contributed by atoms with van der Waals surface area (Å²) in [5.41, 5.74) is 1.13. The average molecular weight is 361 g/mol. The van der Waals surface area contributed by atoms with Crippen LogP contribution in [0, 0.1) is 0 Å². The van der Waals surface area contributed by atoms with Crippen molar-refractivity contribution in [3.8, 4) is 0 Å². The largest absolute Gasteiger partial charge is 0.467 e. The molecule has 0 unspecified atom stereocenters. The van der Waals surface area contributed by atoms with Gasteiger partial charge in [-0.15, -0.1) is 0 Å². The Balaban J connectivity index is 1.48. The lowest BCUT2D eigenvalue weighted by Crippen LogP contribution is -2.41. The van der Waals surface area contributed by atoms with Crippen molar-refractivity contribution in [1.29, 1.82) is 0 Å². The van der Waals surface area contributed by atoms with Crippen LogP contribution in [0.5, 0.6) is 0 Å². The number of carbonyl (C=O) groups excluding carboxylic acids is 1. The number of hydrogen-bond acceptors (Lipinski definition) is 6. The van der Waals surface area contributed by atoms with Gasteiger partial charge >= 0.3 is 5.97 Å². The van der Waals surface area contributed by atoms with E-state index in [1.807, 2.05) is 23.3 Å². The van der Waals surface area contributed by atoms with Crippen molar-refractivity contribution in [2.45, 2.75) is 69.1 Å². The van der Waals surface area contributed by atoms with Crippen molar-refractivity contribution in [3.05, 3.63) is 35.9 Å². The summed E-state index contributed by atoms with van der Waals surface area (Å²) in [5, 5.41) is 1.88. The molecule has 2 heterocycles. The van der Waals surface area contributed by atoms with Gasteiger partial charge in [-0.05, 0) is 18.4 Å². The molecular formula is C20H27NO5. The highest BCUT2D eigenvalue weighted by Gasteiger charge is 2.50. The van der Waals surface area contributed by atoms with Gasteiger partial charge in [0.05, 0.1) is 19.8 Å². The molecule has 3 atom stereocenters. The van der Waals surface area contributed by atoms with Gasteiger partial charge in [-0.3, -0.25) is 4.84 Å². The summed E-state index contributed by atoms with van der Waals surface area (Å²) < 4.78 is 17.4. The van der Waals surface area contributed by atoms with E-state index in [2.05, 4.69) is 12.1 Å². The summed E-state index contributed by atoms with van der Waals surface area (Å²) in [5.74, 6) is -0.762. The number of hydrogen-bond donors (Lipinski definition) is 0. The number of methoxy groups -OCH3 is 1. The summed E-state index contributed by atoms with van der Waals surface area (Å²) in [7, 11) is 1.40. The molecule has 1 aromatic rings. The van der Waals surface area contributed by atoms with E-state index in [0.717, 1.165) is 31.2 Å². The molecule has 0 aromatic heterocycles. The third-order valence-electron chi connectivity index (χ3n) is 5.65. The zero-order valence-electron chi connectivity index (χ0n) is 15.3. The van der Waals surface area contributed by atoms with E-state index in [0.29, 0.717) is 19.6 Å². The van der Waals surface area contributed by atoms with Gasteiger partial charge in [0.1, 0.15) is 6.10 Å². The Bertz CT molecular complexity index is 616. The Labute approximate surface area is 154 Å². The smallest absolute Gasteiger partial charge is 0.337 e. The molecule has 3 fully saturated rings. The number of nitrogens with zero attached hydrogens (tertiary/aromatic N) is 1. The van der Waals surface area contributed by atoms with Crippen LogP contribution in [0.3, 0.4) is 0 Å². The molecule has 1 aliphatic carbocycles. The third kappa shape index (κ3) is 3.64. The molecule has 6 heteroatoms. The summed E-state index contributed by atoms with van der Waals surface area (Å²) in [4.78, 5) is 18.0. The standard InChI is InChI=1S/C20H27NO5/c1-23-19(22)17-12-16(21(26-17)13-15-8-4-2-5-9-15)18-14-24-20(25-18)10-6-3-7-11-20/h2,4-5,8-9,16-18H,3,6-7,10-14H2,1H3/t16-,17-,18-/m1/s1. The molecule has 142 valence electrons. The molecule has 6 nitrogen and oxygen atoms in total. The number of rotatable bonds is 4. The molecule has 2 saturated heterocycles. The van der Waals surface area contributed by atoms with Crippen molar-refractivity contribution in [3.63, 3.8) is 0 Å². The van der Waals surface area contributed by atoms with E-state index in [1.165, 1.54) is 13.5 Å². The Morgan fingerprint density at radius 2 is 2.00 bits per heavy atom. The van der Waals surface area contributed by atoms with E-state index < -0.39 is 11.9 Å². The molecule has 0 radical (unpaired) electrons. The summed E-state index contributed by atoms with van der Waals surface area (Å²) in [6, 6.07) is 10.1. The van der Waals surface area contributed by atoms with Crippen LogP contribution in [0.15, 0.2) is 30.3 Å².